The highest BCUT2D eigenvalue weighted by molar-refractivity contribution is 6.39. The molecule has 10 nitrogen and oxygen atoms in total. The number of benzene rings is 2. The van der Waals surface area contributed by atoms with Crippen LogP contribution in [0.4, 0.5) is 11.4 Å². The van der Waals surface area contributed by atoms with Crippen molar-refractivity contribution in [2.75, 3.05) is 24.5 Å². The van der Waals surface area contributed by atoms with Crippen molar-refractivity contribution in [2.45, 2.75) is 13.3 Å². The van der Waals surface area contributed by atoms with Crippen molar-refractivity contribution in [2.24, 2.45) is 5.10 Å². The van der Waals surface area contributed by atoms with Gasteiger partial charge in [0, 0.05) is 23.2 Å². The number of nitrogens with zero attached hydrogens (tertiary/aromatic N) is 1. The van der Waals surface area contributed by atoms with Crippen molar-refractivity contribution < 1.29 is 28.6 Å². The minimum Gasteiger partial charge on any atom is -0.497 e. The number of methoxy groups -OCH3 is 1. The summed E-state index contributed by atoms with van der Waals surface area (Å²) < 4.78 is 15.5. The maximum atomic E-state index is 12.1. The lowest BCUT2D eigenvalue weighted by molar-refractivity contribution is -0.136. The molecular weight excluding hydrogens is 392 g/mol. The summed E-state index contributed by atoms with van der Waals surface area (Å²) in [6.45, 7) is 1.70. The maximum absolute atomic E-state index is 12.1. The molecule has 0 atom stereocenters. The topological polar surface area (TPSA) is 127 Å². The van der Waals surface area contributed by atoms with Crippen LogP contribution in [0.1, 0.15) is 13.3 Å². The van der Waals surface area contributed by atoms with Crippen molar-refractivity contribution in [3.8, 4) is 17.2 Å². The van der Waals surface area contributed by atoms with E-state index in [4.69, 9.17) is 14.2 Å². The first-order valence-electron chi connectivity index (χ1n) is 8.92. The van der Waals surface area contributed by atoms with Gasteiger partial charge in [0.2, 0.25) is 12.7 Å². The molecule has 1 aliphatic rings. The summed E-state index contributed by atoms with van der Waals surface area (Å²) in [6.07, 6.45) is -0.0746. The summed E-state index contributed by atoms with van der Waals surface area (Å²) >= 11 is 0. The Bertz CT molecular complexity index is 987. The molecule has 0 saturated carbocycles. The molecule has 2 aromatic rings. The third-order valence-corrected chi connectivity index (χ3v) is 3.98. The molecule has 2 aromatic carbocycles. The SMILES string of the molecule is COc1ccc(NC(=O)C(=O)NN=C(C)CC(=O)Nc2ccc3c(c2)OCO3)cc1. The summed E-state index contributed by atoms with van der Waals surface area (Å²) in [6, 6.07) is 11.5. The third kappa shape index (κ3) is 5.47. The summed E-state index contributed by atoms with van der Waals surface area (Å²) in [5, 5.41) is 8.92. The quantitative estimate of drug-likeness (QED) is 0.378. The van der Waals surface area contributed by atoms with Crippen LogP contribution in [-0.4, -0.2) is 37.3 Å². The van der Waals surface area contributed by atoms with Gasteiger partial charge in [0.25, 0.3) is 0 Å². The molecule has 156 valence electrons. The molecule has 3 N–H and O–H groups in total. The van der Waals surface area contributed by atoms with Gasteiger partial charge in [-0.15, -0.1) is 0 Å². The van der Waals surface area contributed by atoms with Gasteiger partial charge in [-0.1, -0.05) is 0 Å². The molecule has 1 heterocycles. The standard InChI is InChI=1S/C20H20N4O6/c1-12(9-18(25)21-14-5-8-16-17(10-14)30-11-29-16)23-24-20(27)19(26)22-13-3-6-15(28-2)7-4-13/h3-8,10H,9,11H2,1-2H3,(H,21,25)(H,22,26)(H,24,27). The van der Waals surface area contributed by atoms with Gasteiger partial charge < -0.3 is 24.8 Å². The normalized spacial score (nSPS) is 12.1. The Morgan fingerprint density at radius 1 is 0.967 bits per heavy atom. The number of ether oxygens (including phenoxy) is 3. The number of hydrazone groups is 1. The van der Waals surface area contributed by atoms with Crippen molar-refractivity contribution in [1.29, 1.82) is 0 Å². The molecule has 0 spiro atoms. The van der Waals surface area contributed by atoms with Crippen molar-refractivity contribution >= 4 is 34.8 Å². The van der Waals surface area contributed by atoms with E-state index in [1.54, 1.807) is 49.4 Å². The number of carbonyl (C=O) groups is 3. The number of nitrogens with one attached hydrogen (secondary N) is 3. The van der Waals surface area contributed by atoms with Gasteiger partial charge in [-0.25, -0.2) is 5.43 Å². The largest absolute Gasteiger partial charge is 0.497 e. The third-order valence-electron chi connectivity index (χ3n) is 3.98. The van der Waals surface area contributed by atoms with E-state index >= 15 is 0 Å². The molecule has 0 bridgehead atoms. The number of fused-ring (bicyclic) bond motifs is 1. The maximum Gasteiger partial charge on any atom is 0.329 e. The molecule has 0 aromatic heterocycles. The second kappa shape index (κ2) is 9.41. The number of rotatable bonds is 6. The lowest BCUT2D eigenvalue weighted by Crippen LogP contribution is -2.33. The Labute approximate surface area is 172 Å². The lowest BCUT2D eigenvalue weighted by Gasteiger charge is -2.07. The number of carbonyl (C=O) groups excluding carboxylic acids is 3. The lowest BCUT2D eigenvalue weighted by atomic mass is 10.2. The molecule has 0 radical (unpaired) electrons. The first kappa shape index (κ1) is 20.6. The Morgan fingerprint density at radius 2 is 1.67 bits per heavy atom. The van der Waals surface area contributed by atoms with Crippen molar-refractivity contribution in [3.05, 3.63) is 42.5 Å². The average molecular weight is 412 g/mol. The molecule has 30 heavy (non-hydrogen) atoms. The van der Waals surface area contributed by atoms with E-state index in [0.29, 0.717) is 34.3 Å². The Morgan fingerprint density at radius 3 is 2.40 bits per heavy atom. The van der Waals surface area contributed by atoms with E-state index in [9.17, 15) is 14.4 Å². The number of hydrogen-bond donors (Lipinski definition) is 3. The first-order valence-corrected chi connectivity index (χ1v) is 8.92. The predicted molar refractivity (Wildman–Crippen MR) is 109 cm³/mol. The molecule has 0 unspecified atom stereocenters. The molecule has 3 rings (SSSR count). The summed E-state index contributed by atoms with van der Waals surface area (Å²) in [5.74, 6) is -0.402. The Kier molecular flexibility index (Phi) is 6.48. The molecular formula is C20H20N4O6. The van der Waals surface area contributed by atoms with Crippen LogP contribution in [0.5, 0.6) is 17.2 Å². The Balaban J connectivity index is 1.46. The molecule has 0 aliphatic carbocycles. The van der Waals surface area contributed by atoms with Gasteiger partial charge in [-0.05, 0) is 43.3 Å². The second-order valence-corrected chi connectivity index (χ2v) is 6.26. The van der Waals surface area contributed by atoms with E-state index in [1.165, 1.54) is 7.11 Å². The van der Waals surface area contributed by atoms with E-state index < -0.39 is 11.8 Å². The fourth-order valence-corrected chi connectivity index (χ4v) is 2.51. The fraction of sp³-hybridized carbons (Fsp3) is 0.200. The Hall–Kier alpha value is -4.08. The zero-order chi connectivity index (χ0) is 21.5. The number of amides is 3. The zero-order valence-corrected chi connectivity index (χ0v) is 16.4. The van der Waals surface area contributed by atoms with Gasteiger partial charge >= 0.3 is 11.8 Å². The highest BCUT2D eigenvalue weighted by Gasteiger charge is 2.15. The van der Waals surface area contributed by atoms with Crippen LogP contribution in [0.3, 0.4) is 0 Å². The molecule has 0 saturated heterocycles. The van der Waals surface area contributed by atoms with Crippen LogP contribution >= 0.6 is 0 Å². The van der Waals surface area contributed by atoms with E-state index in [2.05, 4.69) is 21.2 Å². The van der Waals surface area contributed by atoms with Crippen LogP contribution in [0, 0.1) is 0 Å². The van der Waals surface area contributed by atoms with E-state index in [0.717, 1.165) is 0 Å². The van der Waals surface area contributed by atoms with Gasteiger partial charge in [0.15, 0.2) is 11.5 Å². The monoisotopic (exact) mass is 412 g/mol. The minimum absolute atomic E-state index is 0.0746. The van der Waals surface area contributed by atoms with E-state index in [-0.39, 0.29) is 19.1 Å². The number of anilines is 2. The molecule has 0 fully saturated rings. The summed E-state index contributed by atoms with van der Waals surface area (Å²) in [5.41, 5.74) is 3.41. The van der Waals surface area contributed by atoms with E-state index in [1.807, 2.05) is 0 Å². The minimum atomic E-state index is -0.957. The van der Waals surface area contributed by atoms with Gasteiger partial charge in [0.05, 0.1) is 13.5 Å². The molecule has 1 aliphatic heterocycles. The average Bonchev–Trinajstić information content (AvgIpc) is 3.20. The molecule has 3 amide bonds. The fourth-order valence-electron chi connectivity index (χ4n) is 2.51. The van der Waals surface area contributed by atoms with Crippen LogP contribution in [0.2, 0.25) is 0 Å². The van der Waals surface area contributed by atoms with Crippen molar-refractivity contribution in [1.82, 2.24) is 5.43 Å². The predicted octanol–water partition coefficient (Wildman–Crippen LogP) is 1.88. The van der Waals surface area contributed by atoms with Crippen LogP contribution in [-0.2, 0) is 14.4 Å². The van der Waals surface area contributed by atoms with Crippen LogP contribution in [0.15, 0.2) is 47.6 Å². The van der Waals surface area contributed by atoms with Gasteiger partial charge in [0.1, 0.15) is 5.75 Å². The highest BCUT2D eigenvalue weighted by atomic mass is 16.7. The second-order valence-electron chi connectivity index (χ2n) is 6.26. The summed E-state index contributed by atoms with van der Waals surface area (Å²) in [7, 11) is 1.52. The zero-order valence-electron chi connectivity index (χ0n) is 16.4. The first-order chi connectivity index (χ1) is 14.4. The van der Waals surface area contributed by atoms with Crippen LogP contribution in [0.25, 0.3) is 0 Å². The van der Waals surface area contributed by atoms with Crippen LogP contribution < -0.4 is 30.3 Å². The van der Waals surface area contributed by atoms with Gasteiger partial charge in [-0.2, -0.15) is 5.10 Å². The number of hydrogen-bond acceptors (Lipinski definition) is 7. The van der Waals surface area contributed by atoms with Gasteiger partial charge in [-0.3, -0.25) is 14.4 Å². The smallest absolute Gasteiger partial charge is 0.329 e. The van der Waals surface area contributed by atoms with Crippen molar-refractivity contribution in [3.63, 3.8) is 0 Å². The summed E-state index contributed by atoms with van der Waals surface area (Å²) in [4.78, 5) is 35.9. The molecule has 10 heteroatoms. The highest BCUT2D eigenvalue weighted by Crippen LogP contribution is 2.34.